The maximum absolute atomic E-state index is 13.6. The summed E-state index contributed by atoms with van der Waals surface area (Å²) in [6.07, 6.45) is 2.59. The van der Waals surface area contributed by atoms with Crippen LogP contribution in [-0.2, 0) is 22.6 Å². The predicted octanol–water partition coefficient (Wildman–Crippen LogP) is 1.66. The minimum atomic E-state index is -0.642. The number of carbonyl (C=O) groups excluding carboxylic acids is 2. The van der Waals surface area contributed by atoms with E-state index < -0.39 is 11.2 Å². The van der Waals surface area contributed by atoms with Gasteiger partial charge in [-0.3, -0.25) is 23.5 Å². The van der Waals surface area contributed by atoms with Crippen LogP contribution in [0.1, 0.15) is 42.1 Å². The number of amides is 2. The molecule has 0 radical (unpaired) electrons. The summed E-state index contributed by atoms with van der Waals surface area (Å²) >= 11 is 0. The topological polar surface area (TPSA) is 130 Å². The predicted molar refractivity (Wildman–Crippen MR) is 146 cm³/mol. The number of hydrogen-bond donors (Lipinski definition) is 2. The molecule has 208 valence electrons. The Morgan fingerprint density at radius 3 is 2.38 bits per heavy atom. The minimum absolute atomic E-state index is 0.0453. The largest absolute Gasteiger partial charge is 0.493 e. The Labute approximate surface area is 225 Å². The molecule has 1 aliphatic heterocycles. The molecule has 0 aliphatic carbocycles. The summed E-state index contributed by atoms with van der Waals surface area (Å²) in [5, 5.41) is 5.84. The Morgan fingerprint density at radius 1 is 1.03 bits per heavy atom. The third kappa shape index (κ3) is 6.31. The second-order valence-electron chi connectivity index (χ2n) is 9.38. The van der Waals surface area contributed by atoms with Crippen molar-refractivity contribution < 1.29 is 23.8 Å². The first-order valence-corrected chi connectivity index (χ1v) is 13.0. The monoisotopic (exact) mass is 538 g/mol. The van der Waals surface area contributed by atoms with Gasteiger partial charge in [0.1, 0.15) is 6.54 Å². The van der Waals surface area contributed by atoms with Crippen LogP contribution in [0.25, 0.3) is 10.9 Å². The van der Waals surface area contributed by atoms with Crippen LogP contribution >= 0.6 is 0 Å². The Hall–Kier alpha value is -4.12. The van der Waals surface area contributed by atoms with E-state index in [0.29, 0.717) is 42.3 Å². The highest BCUT2D eigenvalue weighted by molar-refractivity contribution is 5.94. The standard InChI is InChI=1S/C28H34N4O7/c1-4-11-29-26(34)19-9-7-18(8-10-19)16-32-27(35)21-13-23(37-2)24(38-3)14-22(21)31(28(32)36)17-25(33)30-15-20-6-5-12-39-20/h7-10,13-14,20H,4-6,11-12,15-17H2,1-3H3,(H,29,34)(H,30,33). The first-order chi connectivity index (χ1) is 18.9. The van der Waals surface area contributed by atoms with Crippen LogP contribution in [-0.4, -0.2) is 61.0 Å². The van der Waals surface area contributed by atoms with Gasteiger partial charge in [0.15, 0.2) is 11.5 Å². The van der Waals surface area contributed by atoms with Gasteiger partial charge >= 0.3 is 5.69 Å². The molecule has 2 N–H and O–H groups in total. The van der Waals surface area contributed by atoms with Crippen molar-refractivity contribution in [1.29, 1.82) is 0 Å². The number of benzene rings is 2. The second-order valence-corrected chi connectivity index (χ2v) is 9.38. The van der Waals surface area contributed by atoms with E-state index in [2.05, 4.69) is 10.6 Å². The molecule has 1 saturated heterocycles. The van der Waals surface area contributed by atoms with Crippen molar-refractivity contribution in [3.63, 3.8) is 0 Å². The molecule has 2 heterocycles. The smallest absolute Gasteiger partial charge is 0.332 e. The molecule has 1 aromatic heterocycles. The highest BCUT2D eigenvalue weighted by Gasteiger charge is 2.21. The number of nitrogens with zero attached hydrogens (tertiary/aromatic N) is 2. The van der Waals surface area contributed by atoms with Crippen molar-refractivity contribution >= 4 is 22.7 Å². The van der Waals surface area contributed by atoms with E-state index in [1.165, 1.54) is 30.9 Å². The zero-order chi connectivity index (χ0) is 27.9. The number of methoxy groups -OCH3 is 2. The van der Waals surface area contributed by atoms with E-state index in [1.807, 2.05) is 6.92 Å². The van der Waals surface area contributed by atoms with Crippen molar-refractivity contribution in [2.45, 2.75) is 45.4 Å². The number of ether oxygens (including phenoxy) is 3. The Morgan fingerprint density at radius 2 is 1.74 bits per heavy atom. The van der Waals surface area contributed by atoms with Crippen molar-refractivity contribution in [2.75, 3.05) is 33.9 Å². The van der Waals surface area contributed by atoms with E-state index >= 15 is 0 Å². The molecule has 39 heavy (non-hydrogen) atoms. The van der Waals surface area contributed by atoms with E-state index in [1.54, 1.807) is 24.3 Å². The molecular weight excluding hydrogens is 504 g/mol. The highest BCUT2D eigenvalue weighted by Crippen LogP contribution is 2.30. The summed E-state index contributed by atoms with van der Waals surface area (Å²) in [5.41, 5.74) is 0.216. The van der Waals surface area contributed by atoms with Gasteiger partial charge in [0, 0.05) is 31.3 Å². The zero-order valence-electron chi connectivity index (χ0n) is 22.5. The SMILES string of the molecule is CCCNC(=O)c1ccc(Cn2c(=O)c3cc(OC)c(OC)cc3n(CC(=O)NCC3CCCO3)c2=O)cc1. The van der Waals surface area contributed by atoms with Gasteiger partial charge < -0.3 is 24.8 Å². The van der Waals surface area contributed by atoms with Crippen LogP contribution in [0, 0.1) is 0 Å². The molecular formula is C28H34N4O7. The van der Waals surface area contributed by atoms with Crippen LogP contribution in [0.4, 0.5) is 0 Å². The Balaban J connectivity index is 1.71. The van der Waals surface area contributed by atoms with Gasteiger partial charge in [-0.15, -0.1) is 0 Å². The quantitative estimate of drug-likeness (QED) is 0.380. The number of aromatic nitrogens is 2. The first-order valence-electron chi connectivity index (χ1n) is 13.0. The van der Waals surface area contributed by atoms with Crippen molar-refractivity contribution in [2.24, 2.45) is 0 Å². The van der Waals surface area contributed by atoms with Gasteiger partial charge in [-0.2, -0.15) is 0 Å². The van der Waals surface area contributed by atoms with Gasteiger partial charge in [-0.25, -0.2) is 4.79 Å². The molecule has 4 rings (SSSR count). The number of nitrogens with one attached hydrogen (secondary N) is 2. The lowest BCUT2D eigenvalue weighted by molar-refractivity contribution is -0.122. The molecule has 2 aromatic carbocycles. The number of rotatable bonds is 11. The van der Waals surface area contributed by atoms with E-state index in [0.717, 1.165) is 23.8 Å². The van der Waals surface area contributed by atoms with Crippen LogP contribution < -0.4 is 31.4 Å². The molecule has 2 amide bonds. The van der Waals surface area contributed by atoms with Gasteiger partial charge in [0.05, 0.1) is 37.8 Å². The molecule has 3 aromatic rings. The molecule has 1 atom stereocenters. The molecule has 1 unspecified atom stereocenters. The molecule has 0 saturated carbocycles. The maximum Gasteiger partial charge on any atom is 0.332 e. The lowest BCUT2D eigenvalue weighted by atomic mass is 10.1. The van der Waals surface area contributed by atoms with Crippen molar-refractivity contribution in [1.82, 2.24) is 19.8 Å². The summed E-state index contributed by atoms with van der Waals surface area (Å²) in [7, 11) is 2.91. The van der Waals surface area contributed by atoms with Crippen molar-refractivity contribution in [3.8, 4) is 11.5 Å². The lowest BCUT2D eigenvalue weighted by Crippen LogP contribution is -2.43. The lowest BCUT2D eigenvalue weighted by Gasteiger charge is -2.17. The molecule has 1 fully saturated rings. The fourth-order valence-electron chi connectivity index (χ4n) is 4.55. The Bertz CT molecular complexity index is 1450. The third-order valence-corrected chi connectivity index (χ3v) is 6.68. The highest BCUT2D eigenvalue weighted by atomic mass is 16.5. The van der Waals surface area contributed by atoms with Crippen LogP contribution in [0.2, 0.25) is 0 Å². The van der Waals surface area contributed by atoms with Crippen LogP contribution in [0.15, 0.2) is 46.0 Å². The summed E-state index contributed by atoms with van der Waals surface area (Å²) in [6, 6.07) is 9.73. The molecule has 11 nitrogen and oxygen atoms in total. The molecule has 0 bridgehead atoms. The van der Waals surface area contributed by atoms with Gasteiger partial charge in [-0.1, -0.05) is 19.1 Å². The molecule has 11 heteroatoms. The van der Waals surface area contributed by atoms with Gasteiger partial charge in [0.2, 0.25) is 5.91 Å². The van der Waals surface area contributed by atoms with Crippen molar-refractivity contribution in [3.05, 3.63) is 68.4 Å². The zero-order valence-corrected chi connectivity index (χ0v) is 22.5. The average Bonchev–Trinajstić information content (AvgIpc) is 3.48. The molecule has 1 aliphatic rings. The van der Waals surface area contributed by atoms with Gasteiger partial charge in [-0.05, 0) is 43.0 Å². The van der Waals surface area contributed by atoms with Crippen LogP contribution in [0.3, 0.4) is 0 Å². The fourth-order valence-corrected chi connectivity index (χ4v) is 4.55. The van der Waals surface area contributed by atoms with E-state index in [-0.39, 0.29) is 41.9 Å². The Kier molecular flexibility index (Phi) is 9.03. The van der Waals surface area contributed by atoms with E-state index in [4.69, 9.17) is 14.2 Å². The summed E-state index contributed by atoms with van der Waals surface area (Å²) < 4.78 is 18.7. The minimum Gasteiger partial charge on any atom is -0.493 e. The van der Waals surface area contributed by atoms with Gasteiger partial charge in [0.25, 0.3) is 11.5 Å². The summed E-state index contributed by atoms with van der Waals surface area (Å²) in [6.45, 7) is 3.21. The average molecular weight is 539 g/mol. The normalized spacial score (nSPS) is 14.8. The third-order valence-electron chi connectivity index (χ3n) is 6.68. The summed E-state index contributed by atoms with van der Waals surface area (Å²) in [5.74, 6) is 0.0798. The van der Waals surface area contributed by atoms with E-state index in [9.17, 15) is 19.2 Å². The second kappa shape index (κ2) is 12.6. The summed E-state index contributed by atoms with van der Waals surface area (Å²) in [4.78, 5) is 52.3. The fraction of sp³-hybridized carbons (Fsp3) is 0.429. The maximum atomic E-state index is 13.6. The molecule has 0 spiro atoms. The number of fused-ring (bicyclic) bond motifs is 1. The first kappa shape index (κ1) is 27.9. The number of carbonyl (C=O) groups is 2. The number of hydrogen-bond acceptors (Lipinski definition) is 7. The van der Waals surface area contributed by atoms with Crippen LogP contribution in [0.5, 0.6) is 11.5 Å².